The van der Waals surface area contributed by atoms with Crippen molar-refractivity contribution in [2.45, 2.75) is 13.0 Å². The predicted octanol–water partition coefficient (Wildman–Crippen LogP) is 2.31. The third-order valence-corrected chi connectivity index (χ3v) is 3.13. The van der Waals surface area contributed by atoms with Gasteiger partial charge < -0.3 is 4.52 Å². The van der Waals surface area contributed by atoms with Gasteiger partial charge in [-0.1, -0.05) is 56.6 Å². The first-order chi connectivity index (χ1) is 9.85. The van der Waals surface area contributed by atoms with Gasteiger partial charge in [-0.05, 0) is 0 Å². The van der Waals surface area contributed by atoms with Gasteiger partial charge in [0.25, 0.3) is 0 Å². The summed E-state index contributed by atoms with van der Waals surface area (Å²) >= 11 is 3.37. The summed E-state index contributed by atoms with van der Waals surface area (Å²) in [5, 5.41) is 12.9. The molecule has 0 radical (unpaired) electrons. The highest BCUT2D eigenvalue weighted by Gasteiger charge is 2.09. The molecule has 0 saturated carbocycles. The quantitative estimate of drug-likeness (QED) is 0.670. The van der Waals surface area contributed by atoms with Crippen molar-refractivity contribution in [3.8, 4) is 11.4 Å². The standard InChI is InChI=1S/C13H12BrN5O/c14-7-6-11-8-19(18-16-11)9-12-15-13(17-20-12)10-4-2-1-3-5-10/h1-5,8H,6-7,9H2. The van der Waals surface area contributed by atoms with E-state index in [2.05, 4.69) is 36.4 Å². The summed E-state index contributed by atoms with van der Waals surface area (Å²) < 4.78 is 6.93. The molecule has 20 heavy (non-hydrogen) atoms. The van der Waals surface area contributed by atoms with Gasteiger partial charge in [-0.2, -0.15) is 4.98 Å². The second-order valence-electron chi connectivity index (χ2n) is 4.22. The molecule has 6 nitrogen and oxygen atoms in total. The largest absolute Gasteiger partial charge is 0.337 e. The number of rotatable bonds is 5. The molecule has 0 aliphatic carbocycles. The summed E-state index contributed by atoms with van der Waals surface area (Å²) in [5.74, 6) is 1.10. The van der Waals surface area contributed by atoms with Crippen molar-refractivity contribution in [3.63, 3.8) is 0 Å². The molecule has 102 valence electrons. The second kappa shape index (κ2) is 5.96. The van der Waals surface area contributed by atoms with E-state index in [9.17, 15) is 0 Å². The number of halogens is 1. The Bertz CT molecular complexity index is 679. The Morgan fingerprint density at radius 3 is 2.85 bits per heavy atom. The molecule has 0 saturated heterocycles. The number of benzene rings is 1. The van der Waals surface area contributed by atoms with Crippen molar-refractivity contribution >= 4 is 15.9 Å². The van der Waals surface area contributed by atoms with Crippen molar-refractivity contribution in [2.75, 3.05) is 5.33 Å². The zero-order valence-electron chi connectivity index (χ0n) is 10.6. The van der Waals surface area contributed by atoms with Gasteiger partial charge in [0.2, 0.25) is 11.7 Å². The molecule has 3 rings (SSSR count). The van der Waals surface area contributed by atoms with Gasteiger partial charge in [0, 0.05) is 23.5 Å². The number of hydrogen-bond donors (Lipinski definition) is 0. The molecule has 0 bridgehead atoms. The van der Waals surface area contributed by atoms with Gasteiger partial charge in [-0.15, -0.1) is 5.10 Å². The zero-order valence-corrected chi connectivity index (χ0v) is 12.2. The van der Waals surface area contributed by atoms with Crippen LogP contribution in [0.1, 0.15) is 11.6 Å². The summed E-state index contributed by atoms with van der Waals surface area (Å²) in [6.45, 7) is 0.426. The van der Waals surface area contributed by atoms with Gasteiger partial charge in [0.05, 0.1) is 5.69 Å². The molecular formula is C13H12BrN5O. The smallest absolute Gasteiger partial charge is 0.248 e. The first-order valence-corrected chi connectivity index (χ1v) is 7.30. The van der Waals surface area contributed by atoms with Gasteiger partial charge in [-0.3, -0.25) is 0 Å². The minimum absolute atomic E-state index is 0.426. The Morgan fingerprint density at radius 1 is 1.20 bits per heavy atom. The van der Waals surface area contributed by atoms with E-state index >= 15 is 0 Å². The van der Waals surface area contributed by atoms with Crippen LogP contribution in [0.2, 0.25) is 0 Å². The Kier molecular flexibility index (Phi) is 3.87. The molecule has 1 aromatic carbocycles. The van der Waals surface area contributed by atoms with Gasteiger partial charge in [-0.25, -0.2) is 4.68 Å². The number of aromatic nitrogens is 5. The fraction of sp³-hybridized carbons (Fsp3) is 0.231. The molecule has 0 N–H and O–H groups in total. The van der Waals surface area contributed by atoms with E-state index in [1.54, 1.807) is 4.68 Å². The molecule has 7 heteroatoms. The van der Waals surface area contributed by atoms with Crippen molar-refractivity contribution in [1.82, 2.24) is 25.1 Å². The normalized spacial score (nSPS) is 10.8. The van der Waals surface area contributed by atoms with Crippen LogP contribution in [0.15, 0.2) is 41.1 Å². The molecule has 0 atom stereocenters. The summed E-state index contributed by atoms with van der Waals surface area (Å²) in [6, 6.07) is 9.71. The summed E-state index contributed by atoms with van der Waals surface area (Å²) in [4.78, 5) is 4.36. The molecular weight excluding hydrogens is 322 g/mol. The topological polar surface area (TPSA) is 69.6 Å². The zero-order chi connectivity index (χ0) is 13.8. The summed E-state index contributed by atoms with van der Waals surface area (Å²) in [7, 11) is 0. The van der Waals surface area contributed by atoms with Gasteiger partial charge in [0.1, 0.15) is 6.54 Å². The number of hydrogen-bond acceptors (Lipinski definition) is 5. The van der Waals surface area contributed by atoms with Crippen LogP contribution in [0, 0.1) is 0 Å². The lowest BCUT2D eigenvalue weighted by Crippen LogP contribution is -2.00. The third-order valence-electron chi connectivity index (χ3n) is 2.73. The lowest BCUT2D eigenvalue weighted by Gasteiger charge is -1.93. The minimum atomic E-state index is 0.426. The molecule has 0 spiro atoms. The fourth-order valence-corrected chi connectivity index (χ4v) is 2.20. The summed E-state index contributed by atoms with van der Waals surface area (Å²) in [5.41, 5.74) is 1.87. The molecule has 0 aliphatic heterocycles. The van der Waals surface area contributed by atoms with Crippen LogP contribution in [-0.2, 0) is 13.0 Å². The van der Waals surface area contributed by atoms with E-state index in [0.717, 1.165) is 23.0 Å². The monoisotopic (exact) mass is 333 g/mol. The molecule has 0 unspecified atom stereocenters. The maximum Gasteiger partial charge on any atom is 0.248 e. The molecule has 3 aromatic rings. The third kappa shape index (κ3) is 2.93. The maximum absolute atomic E-state index is 5.23. The van der Waals surface area contributed by atoms with Crippen molar-refractivity contribution in [3.05, 3.63) is 48.1 Å². The Labute approximate surface area is 123 Å². The molecule has 2 aromatic heterocycles. The van der Waals surface area contributed by atoms with Crippen LogP contribution in [0.4, 0.5) is 0 Å². The minimum Gasteiger partial charge on any atom is -0.337 e. The summed E-state index contributed by atoms with van der Waals surface area (Å²) in [6.07, 6.45) is 2.73. The number of alkyl halides is 1. The first kappa shape index (κ1) is 13.0. The van der Waals surface area contributed by atoms with Crippen molar-refractivity contribution in [1.29, 1.82) is 0 Å². The number of nitrogens with zero attached hydrogens (tertiary/aromatic N) is 5. The highest BCUT2D eigenvalue weighted by molar-refractivity contribution is 9.09. The number of aryl methyl sites for hydroxylation is 1. The van der Waals surface area contributed by atoms with Crippen LogP contribution in [0.25, 0.3) is 11.4 Å². The predicted molar refractivity (Wildman–Crippen MR) is 76.4 cm³/mol. The van der Waals surface area contributed by atoms with Crippen LogP contribution in [0.3, 0.4) is 0 Å². The van der Waals surface area contributed by atoms with Crippen molar-refractivity contribution in [2.24, 2.45) is 0 Å². The van der Waals surface area contributed by atoms with Crippen molar-refractivity contribution < 1.29 is 4.52 Å². The average molecular weight is 334 g/mol. The molecule has 0 aliphatic rings. The van der Waals surface area contributed by atoms with E-state index in [1.807, 2.05) is 36.5 Å². The fourth-order valence-electron chi connectivity index (χ4n) is 1.79. The van der Waals surface area contributed by atoms with Crippen LogP contribution >= 0.6 is 15.9 Å². The lowest BCUT2D eigenvalue weighted by molar-refractivity contribution is 0.364. The highest BCUT2D eigenvalue weighted by atomic mass is 79.9. The van der Waals surface area contributed by atoms with E-state index in [-0.39, 0.29) is 0 Å². The Hall–Kier alpha value is -2.02. The Morgan fingerprint density at radius 2 is 2.05 bits per heavy atom. The van der Waals surface area contributed by atoms with E-state index in [4.69, 9.17) is 4.52 Å². The van der Waals surface area contributed by atoms with E-state index in [1.165, 1.54) is 0 Å². The molecule has 0 amide bonds. The van der Waals surface area contributed by atoms with Crippen LogP contribution in [0.5, 0.6) is 0 Å². The average Bonchev–Trinajstić information content (AvgIpc) is 3.11. The molecule has 2 heterocycles. The van der Waals surface area contributed by atoms with E-state index < -0.39 is 0 Å². The van der Waals surface area contributed by atoms with Crippen LogP contribution < -0.4 is 0 Å². The SMILES string of the molecule is BrCCc1cn(Cc2nc(-c3ccccc3)no2)nn1. The van der Waals surface area contributed by atoms with Gasteiger partial charge in [0.15, 0.2) is 0 Å². The second-order valence-corrected chi connectivity index (χ2v) is 5.02. The van der Waals surface area contributed by atoms with Crippen LogP contribution in [-0.4, -0.2) is 30.5 Å². The van der Waals surface area contributed by atoms with Gasteiger partial charge >= 0.3 is 0 Å². The van der Waals surface area contributed by atoms with E-state index in [0.29, 0.717) is 18.3 Å². The highest BCUT2D eigenvalue weighted by Crippen LogP contribution is 2.15. The maximum atomic E-state index is 5.23. The lowest BCUT2D eigenvalue weighted by atomic mass is 10.2. The Balaban J connectivity index is 1.73. The first-order valence-electron chi connectivity index (χ1n) is 6.18. The molecule has 0 fully saturated rings.